The molecule has 0 bridgehead atoms. The Kier molecular flexibility index (Phi) is 5.29. The fourth-order valence-corrected chi connectivity index (χ4v) is 4.03. The zero-order valence-corrected chi connectivity index (χ0v) is 17.7. The number of carbonyl (C=O) groups is 3. The second-order valence-corrected chi connectivity index (χ2v) is 7.81. The van der Waals surface area contributed by atoms with E-state index in [0.29, 0.717) is 27.9 Å². The predicted octanol–water partition coefficient (Wildman–Crippen LogP) is 5.40. The molecule has 4 aromatic rings. The summed E-state index contributed by atoms with van der Waals surface area (Å²) in [6.45, 7) is 0.105. The summed E-state index contributed by atoms with van der Waals surface area (Å²) in [4.78, 5) is 39.6. The van der Waals surface area contributed by atoms with Gasteiger partial charge in [-0.2, -0.15) is 0 Å². The van der Waals surface area contributed by atoms with Crippen LogP contribution in [0, 0.1) is 0 Å². The van der Waals surface area contributed by atoms with Gasteiger partial charge in [0.25, 0.3) is 17.7 Å². The van der Waals surface area contributed by atoms with E-state index in [1.165, 1.54) is 4.90 Å². The van der Waals surface area contributed by atoms with Crippen LogP contribution >= 0.6 is 0 Å². The van der Waals surface area contributed by atoms with Crippen LogP contribution in [0.1, 0.15) is 36.6 Å². The van der Waals surface area contributed by atoms with E-state index in [1.54, 1.807) is 48.5 Å². The van der Waals surface area contributed by atoms with Gasteiger partial charge < -0.3 is 5.32 Å². The molecule has 1 aliphatic heterocycles. The molecular weight excluding hydrogens is 412 g/mol. The van der Waals surface area contributed by atoms with E-state index < -0.39 is 0 Å². The minimum absolute atomic E-state index is 0.105. The average molecular weight is 432 g/mol. The van der Waals surface area contributed by atoms with E-state index in [9.17, 15) is 14.4 Å². The fraction of sp³-hybridized carbons (Fsp3) is 0.0357. The van der Waals surface area contributed by atoms with Gasteiger partial charge in [-0.25, -0.2) is 0 Å². The van der Waals surface area contributed by atoms with Crippen LogP contribution in [0.3, 0.4) is 0 Å². The Bertz CT molecular complexity index is 1340. The number of nitrogens with one attached hydrogen (secondary N) is 1. The van der Waals surface area contributed by atoms with Crippen molar-refractivity contribution in [2.24, 2.45) is 0 Å². The molecule has 0 atom stereocenters. The van der Waals surface area contributed by atoms with Gasteiger partial charge in [-0.05, 0) is 41.5 Å². The lowest BCUT2D eigenvalue weighted by Crippen LogP contribution is -2.29. The molecule has 0 aromatic heterocycles. The third-order valence-electron chi connectivity index (χ3n) is 5.67. The molecule has 1 heterocycles. The minimum atomic E-state index is -0.317. The molecule has 160 valence electrons. The number of anilines is 1. The molecular formula is C28H20N2O3. The zero-order chi connectivity index (χ0) is 22.8. The zero-order valence-electron chi connectivity index (χ0n) is 17.7. The number of benzene rings is 4. The second kappa shape index (κ2) is 8.55. The summed E-state index contributed by atoms with van der Waals surface area (Å²) in [5.74, 6) is -0.896. The molecule has 33 heavy (non-hydrogen) atoms. The van der Waals surface area contributed by atoms with Gasteiger partial charge in [-0.15, -0.1) is 0 Å². The molecule has 1 N–H and O–H groups in total. The number of para-hydroxylation sites is 1. The molecule has 0 fully saturated rings. The quantitative estimate of drug-likeness (QED) is 0.429. The van der Waals surface area contributed by atoms with E-state index in [2.05, 4.69) is 5.32 Å². The summed E-state index contributed by atoms with van der Waals surface area (Å²) in [5.41, 5.74) is 4.61. The highest BCUT2D eigenvalue weighted by molar-refractivity contribution is 6.21. The van der Waals surface area contributed by atoms with Crippen molar-refractivity contribution in [2.45, 2.75) is 6.54 Å². The van der Waals surface area contributed by atoms with Crippen LogP contribution in [-0.2, 0) is 6.54 Å². The minimum Gasteiger partial charge on any atom is -0.321 e. The van der Waals surface area contributed by atoms with Crippen molar-refractivity contribution in [3.63, 3.8) is 0 Å². The van der Waals surface area contributed by atoms with Crippen molar-refractivity contribution in [3.05, 3.63) is 125 Å². The maximum absolute atomic E-state index is 13.0. The van der Waals surface area contributed by atoms with E-state index in [-0.39, 0.29) is 24.3 Å². The van der Waals surface area contributed by atoms with Crippen LogP contribution in [0.2, 0.25) is 0 Å². The lowest BCUT2D eigenvalue weighted by Gasteiger charge is -2.15. The SMILES string of the molecule is O=C(Nc1ccccc1-c1ccccc1)c1cccc(CN2C(=O)c3ccccc3C2=O)c1. The first-order valence-corrected chi connectivity index (χ1v) is 10.6. The summed E-state index contributed by atoms with van der Waals surface area (Å²) in [7, 11) is 0. The molecule has 0 radical (unpaired) electrons. The van der Waals surface area contributed by atoms with E-state index in [0.717, 1.165) is 11.1 Å². The highest BCUT2D eigenvalue weighted by Gasteiger charge is 2.35. The second-order valence-electron chi connectivity index (χ2n) is 7.81. The van der Waals surface area contributed by atoms with Crippen LogP contribution in [0.25, 0.3) is 11.1 Å². The van der Waals surface area contributed by atoms with Gasteiger partial charge in [0.05, 0.1) is 17.7 Å². The van der Waals surface area contributed by atoms with Crippen LogP contribution in [0.4, 0.5) is 5.69 Å². The summed E-state index contributed by atoms with van der Waals surface area (Å²) >= 11 is 0. The fourth-order valence-electron chi connectivity index (χ4n) is 4.03. The lowest BCUT2D eigenvalue weighted by atomic mass is 10.0. The first-order valence-electron chi connectivity index (χ1n) is 10.6. The molecule has 0 saturated heterocycles. The number of amides is 3. The highest BCUT2D eigenvalue weighted by atomic mass is 16.2. The molecule has 0 saturated carbocycles. The molecule has 5 nitrogen and oxygen atoms in total. The van der Waals surface area contributed by atoms with Crippen LogP contribution in [-0.4, -0.2) is 22.6 Å². The van der Waals surface area contributed by atoms with Gasteiger partial charge in [0.15, 0.2) is 0 Å². The van der Waals surface area contributed by atoms with Gasteiger partial charge in [-0.1, -0.05) is 72.8 Å². The Morgan fingerprint density at radius 3 is 1.97 bits per heavy atom. The number of fused-ring (bicyclic) bond motifs is 1. The third-order valence-corrected chi connectivity index (χ3v) is 5.67. The standard InChI is InChI=1S/C28H20N2O3/c31-26(29-25-16-7-6-13-22(25)20-10-2-1-3-11-20)21-12-8-9-19(17-21)18-30-27(32)23-14-4-5-15-24(23)28(30)33/h1-17H,18H2,(H,29,31). The Morgan fingerprint density at radius 1 is 0.667 bits per heavy atom. The summed E-state index contributed by atoms with van der Waals surface area (Å²) in [6, 6.07) is 31.3. The lowest BCUT2D eigenvalue weighted by molar-refractivity contribution is 0.0642. The number of hydrogen-bond acceptors (Lipinski definition) is 3. The maximum atomic E-state index is 13.0. The number of rotatable bonds is 5. The number of hydrogen-bond donors (Lipinski definition) is 1. The first-order chi connectivity index (χ1) is 16.1. The van der Waals surface area contributed by atoms with Crippen molar-refractivity contribution in [1.82, 2.24) is 4.90 Å². The largest absolute Gasteiger partial charge is 0.321 e. The summed E-state index contributed by atoms with van der Waals surface area (Å²) in [5, 5.41) is 2.99. The number of nitrogens with zero attached hydrogens (tertiary/aromatic N) is 1. The van der Waals surface area contributed by atoms with Gasteiger partial charge in [0, 0.05) is 16.8 Å². The van der Waals surface area contributed by atoms with Crippen molar-refractivity contribution >= 4 is 23.4 Å². The Balaban J connectivity index is 1.36. The Labute approximate surface area is 191 Å². The monoisotopic (exact) mass is 432 g/mol. The molecule has 0 spiro atoms. The topological polar surface area (TPSA) is 66.5 Å². The molecule has 3 amide bonds. The van der Waals surface area contributed by atoms with E-state index in [1.807, 2.05) is 54.6 Å². The van der Waals surface area contributed by atoms with Crippen LogP contribution in [0.15, 0.2) is 103 Å². The van der Waals surface area contributed by atoms with E-state index in [4.69, 9.17) is 0 Å². The normalized spacial score (nSPS) is 12.5. The van der Waals surface area contributed by atoms with Crippen molar-refractivity contribution in [3.8, 4) is 11.1 Å². The van der Waals surface area contributed by atoms with Crippen molar-refractivity contribution in [2.75, 3.05) is 5.32 Å². The average Bonchev–Trinajstić information content (AvgIpc) is 3.10. The van der Waals surface area contributed by atoms with Gasteiger partial charge in [0.2, 0.25) is 0 Å². The first kappa shape index (κ1) is 20.4. The van der Waals surface area contributed by atoms with Crippen LogP contribution < -0.4 is 5.32 Å². The summed E-state index contributed by atoms with van der Waals surface area (Å²) in [6.07, 6.45) is 0. The summed E-state index contributed by atoms with van der Waals surface area (Å²) < 4.78 is 0. The van der Waals surface area contributed by atoms with Crippen LogP contribution in [0.5, 0.6) is 0 Å². The highest BCUT2D eigenvalue weighted by Crippen LogP contribution is 2.28. The molecule has 5 rings (SSSR count). The molecule has 4 aromatic carbocycles. The Morgan fingerprint density at radius 2 is 1.27 bits per heavy atom. The molecule has 1 aliphatic rings. The van der Waals surface area contributed by atoms with Gasteiger partial charge >= 0.3 is 0 Å². The maximum Gasteiger partial charge on any atom is 0.261 e. The molecule has 0 aliphatic carbocycles. The Hall–Kier alpha value is -4.51. The van der Waals surface area contributed by atoms with Gasteiger partial charge in [0.1, 0.15) is 0 Å². The third kappa shape index (κ3) is 3.92. The van der Waals surface area contributed by atoms with E-state index >= 15 is 0 Å². The predicted molar refractivity (Wildman–Crippen MR) is 127 cm³/mol. The van der Waals surface area contributed by atoms with Crippen molar-refractivity contribution < 1.29 is 14.4 Å². The number of imide groups is 1. The smallest absolute Gasteiger partial charge is 0.261 e. The van der Waals surface area contributed by atoms with Crippen molar-refractivity contribution in [1.29, 1.82) is 0 Å². The molecule has 5 heteroatoms. The van der Waals surface area contributed by atoms with Gasteiger partial charge in [-0.3, -0.25) is 19.3 Å². The molecule has 0 unspecified atom stereocenters. The number of carbonyl (C=O) groups excluding carboxylic acids is 3.